The quantitative estimate of drug-likeness (QED) is 0.478. The predicted molar refractivity (Wildman–Crippen MR) is 149 cm³/mol. The molecular formula is C31H45N3O3. The number of aryl methyl sites for hydroxylation is 2. The number of hydrogen-bond donors (Lipinski definition) is 1. The van der Waals surface area contributed by atoms with Gasteiger partial charge in [0, 0.05) is 37.3 Å². The lowest BCUT2D eigenvalue weighted by Crippen LogP contribution is -2.41. The minimum atomic E-state index is -0.212. The highest BCUT2D eigenvalue weighted by Crippen LogP contribution is 2.38. The van der Waals surface area contributed by atoms with Gasteiger partial charge in [0.2, 0.25) is 0 Å². The van der Waals surface area contributed by atoms with Crippen LogP contribution in [0.25, 0.3) is 5.76 Å². The van der Waals surface area contributed by atoms with Crippen LogP contribution in [0, 0.1) is 17.8 Å². The molecule has 2 aromatic rings. The average molecular weight is 508 g/mol. The Labute approximate surface area is 222 Å². The fourth-order valence-electron chi connectivity index (χ4n) is 5.50. The number of aromatic nitrogens is 2. The van der Waals surface area contributed by atoms with Gasteiger partial charge in [-0.25, -0.2) is 0 Å². The van der Waals surface area contributed by atoms with E-state index in [2.05, 4.69) is 83.2 Å². The molecule has 0 bridgehead atoms. The molecule has 1 spiro atoms. The molecule has 0 atom stereocenters. The van der Waals surface area contributed by atoms with Gasteiger partial charge in [-0.3, -0.25) is 9.48 Å². The Morgan fingerprint density at radius 1 is 1.19 bits per heavy atom. The molecule has 1 fully saturated rings. The molecule has 37 heavy (non-hydrogen) atoms. The zero-order chi connectivity index (χ0) is 27.0. The zero-order valence-corrected chi connectivity index (χ0v) is 23.9. The van der Waals surface area contributed by atoms with Crippen molar-refractivity contribution in [1.29, 1.82) is 0 Å². The fraction of sp³-hybridized carbons (Fsp3) is 0.613. The van der Waals surface area contributed by atoms with Crippen LogP contribution in [0.3, 0.4) is 0 Å². The molecule has 202 valence electrons. The smallest absolute Gasteiger partial charge is 0.255 e. The first-order valence-corrected chi connectivity index (χ1v) is 13.7. The van der Waals surface area contributed by atoms with E-state index in [1.54, 1.807) is 0 Å². The van der Waals surface area contributed by atoms with Gasteiger partial charge in [0.05, 0.1) is 23.6 Å². The summed E-state index contributed by atoms with van der Waals surface area (Å²) in [6.07, 6.45) is 3.49. The Hall–Kier alpha value is -2.60. The number of carbonyl (C=O) groups excluding carboxylic acids is 1. The molecule has 0 aliphatic carbocycles. The first-order valence-electron chi connectivity index (χ1n) is 13.7. The number of nitrogens with one attached hydrogen (secondary N) is 1. The second-order valence-corrected chi connectivity index (χ2v) is 13.0. The average Bonchev–Trinajstić information content (AvgIpc) is 3.09. The number of benzene rings is 1. The lowest BCUT2D eigenvalue weighted by atomic mass is 9.76. The van der Waals surface area contributed by atoms with E-state index < -0.39 is 0 Å². The van der Waals surface area contributed by atoms with Gasteiger partial charge in [-0.05, 0) is 61.1 Å². The number of amides is 1. The normalized spacial score (nSPS) is 17.8. The molecule has 1 aromatic heterocycles. The van der Waals surface area contributed by atoms with E-state index >= 15 is 0 Å². The van der Waals surface area contributed by atoms with Crippen LogP contribution >= 0.6 is 0 Å². The van der Waals surface area contributed by atoms with Gasteiger partial charge in [0.25, 0.3) is 5.91 Å². The number of ether oxygens (including phenoxy) is 2. The van der Waals surface area contributed by atoms with Gasteiger partial charge in [0.1, 0.15) is 5.76 Å². The van der Waals surface area contributed by atoms with E-state index in [4.69, 9.17) is 14.6 Å². The largest absolute Gasteiger partial charge is 0.493 e. The Kier molecular flexibility index (Phi) is 7.62. The molecule has 6 nitrogen and oxygen atoms in total. The van der Waals surface area contributed by atoms with Gasteiger partial charge in [-0.1, -0.05) is 59.8 Å². The maximum atomic E-state index is 13.2. The van der Waals surface area contributed by atoms with Gasteiger partial charge in [0.15, 0.2) is 0 Å². The topological polar surface area (TPSA) is 65.4 Å². The van der Waals surface area contributed by atoms with Gasteiger partial charge < -0.3 is 14.8 Å². The van der Waals surface area contributed by atoms with Crippen LogP contribution in [-0.4, -0.2) is 42.1 Å². The van der Waals surface area contributed by atoms with Crippen molar-refractivity contribution in [3.05, 3.63) is 58.4 Å². The summed E-state index contributed by atoms with van der Waals surface area (Å²) >= 11 is 0. The summed E-state index contributed by atoms with van der Waals surface area (Å²) in [7, 11) is 0. The van der Waals surface area contributed by atoms with Crippen molar-refractivity contribution in [3.63, 3.8) is 0 Å². The second-order valence-electron chi connectivity index (χ2n) is 13.0. The molecule has 2 aliphatic rings. The van der Waals surface area contributed by atoms with E-state index in [0.29, 0.717) is 25.5 Å². The van der Waals surface area contributed by atoms with Crippen molar-refractivity contribution in [3.8, 4) is 0 Å². The standard InChI is InChI=1S/C31H45N3O3/c1-9-25-27-26(17-31(18-32-28(27)35)10-12-36-13-11-31)34(33-25)19-30(7,8)20-37-22(3)23-14-21(2)15-24(16-23)29(4,5)6/h14-16H,3,9-13,17-20H2,1-2,4-8H3,(H,32,35). The highest BCUT2D eigenvalue weighted by Gasteiger charge is 2.40. The molecule has 0 unspecified atom stereocenters. The van der Waals surface area contributed by atoms with E-state index in [0.717, 1.165) is 61.4 Å². The summed E-state index contributed by atoms with van der Waals surface area (Å²) in [6.45, 7) is 22.9. The second kappa shape index (κ2) is 10.3. The minimum absolute atomic E-state index is 0.0120. The highest BCUT2D eigenvalue weighted by atomic mass is 16.5. The van der Waals surface area contributed by atoms with Gasteiger partial charge in [-0.2, -0.15) is 5.10 Å². The van der Waals surface area contributed by atoms with Crippen LogP contribution < -0.4 is 5.32 Å². The summed E-state index contributed by atoms with van der Waals surface area (Å²) in [5, 5.41) is 8.15. The van der Waals surface area contributed by atoms with E-state index in [1.807, 2.05) is 0 Å². The van der Waals surface area contributed by atoms with Crippen molar-refractivity contribution in [2.24, 2.45) is 10.8 Å². The van der Waals surface area contributed by atoms with Crippen LogP contribution in [0.5, 0.6) is 0 Å². The third-order valence-electron chi connectivity index (χ3n) is 7.89. The molecule has 0 radical (unpaired) electrons. The van der Waals surface area contributed by atoms with E-state index in [-0.39, 0.29) is 22.2 Å². The Morgan fingerprint density at radius 2 is 1.89 bits per heavy atom. The van der Waals surface area contributed by atoms with Crippen molar-refractivity contribution < 1.29 is 14.3 Å². The maximum Gasteiger partial charge on any atom is 0.255 e. The summed E-state index contributed by atoms with van der Waals surface area (Å²) < 4.78 is 14.0. The van der Waals surface area contributed by atoms with Gasteiger partial charge >= 0.3 is 0 Å². The molecule has 6 heteroatoms. The molecule has 1 aromatic carbocycles. The number of fused-ring (bicyclic) bond motifs is 1. The van der Waals surface area contributed by atoms with Crippen LogP contribution in [0.4, 0.5) is 0 Å². The minimum Gasteiger partial charge on any atom is -0.493 e. The monoisotopic (exact) mass is 507 g/mol. The van der Waals surface area contributed by atoms with Gasteiger partial charge in [-0.15, -0.1) is 0 Å². The third kappa shape index (κ3) is 6.11. The predicted octanol–water partition coefficient (Wildman–Crippen LogP) is 5.85. The van der Waals surface area contributed by atoms with E-state index in [9.17, 15) is 4.79 Å². The van der Waals surface area contributed by atoms with Crippen molar-refractivity contribution in [2.75, 3.05) is 26.4 Å². The Bertz CT molecular complexity index is 1160. The van der Waals surface area contributed by atoms with Crippen LogP contribution in [-0.2, 0) is 34.3 Å². The number of nitrogens with zero attached hydrogens (tertiary/aromatic N) is 2. The fourth-order valence-corrected chi connectivity index (χ4v) is 5.50. The summed E-state index contributed by atoms with van der Waals surface area (Å²) in [6, 6.07) is 6.56. The molecule has 3 heterocycles. The van der Waals surface area contributed by atoms with Crippen LogP contribution in [0.15, 0.2) is 24.8 Å². The van der Waals surface area contributed by atoms with Crippen molar-refractivity contribution >= 4 is 11.7 Å². The highest BCUT2D eigenvalue weighted by molar-refractivity contribution is 5.97. The Balaban J connectivity index is 1.54. The van der Waals surface area contributed by atoms with Crippen molar-refractivity contribution in [2.45, 2.75) is 86.1 Å². The summed E-state index contributed by atoms with van der Waals surface area (Å²) in [5.41, 5.74) is 6.12. The molecule has 1 amide bonds. The summed E-state index contributed by atoms with van der Waals surface area (Å²) in [4.78, 5) is 13.2. The lowest BCUT2D eigenvalue weighted by molar-refractivity contribution is 0.0149. The molecule has 1 N–H and O–H groups in total. The van der Waals surface area contributed by atoms with Crippen LogP contribution in [0.2, 0.25) is 0 Å². The number of carbonyl (C=O) groups is 1. The first kappa shape index (κ1) is 27.4. The lowest BCUT2D eigenvalue weighted by Gasteiger charge is -2.36. The molecule has 4 rings (SSSR count). The SMILES string of the molecule is C=C(OCC(C)(C)Cn1nc(CC)c2c1CC1(CCOCC1)CNC2=O)c1cc(C)cc(C(C)(C)C)c1. The Morgan fingerprint density at radius 3 is 2.54 bits per heavy atom. The first-order chi connectivity index (χ1) is 17.3. The maximum absolute atomic E-state index is 13.2. The molecular weight excluding hydrogens is 462 g/mol. The molecule has 2 aliphatic heterocycles. The number of hydrogen-bond acceptors (Lipinski definition) is 4. The zero-order valence-electron chi connectivity index (χ0n) is 23.9. The van der Waals surface area contributed by atoms with E-state index in [1.165, 1.54) is 11.1 Å². The molecule has 1 saturated heterocycles. The van der Waals surface area contributed by atoms with Crippen LogP contribution in [0.1, 0.15) is 92.8 Å². The van der Waals surface area contributed by atoms with Crippen molar-refractivity contribution in [1.82, 2.24) is 15.1 Å². The third-order valence-corrected chi connectivity index (χ3v) is 7.89. The number of rotatable bonds is 7. The summed E-state index contributed by atoms with van der Waals surface area (Å²) in [5.74, 6) is 0.703. The molecule has 0 saturated carbocycles.